The van der Waals surface area contributed by atoms with Crippen molar-refractivity contribution in [1.82, 2.24) is 0 Å². The molecule has 5 heteroatoms. The van der Waals surface area contributed by atoms with Gasteiger partial charge < -0.3 is 4.84 Å². The van der Waals surface area contributed by atoms with Crippen molar-refractivity contribution in [2.45, 2.75) is 0 Å². The average molecular weight is 98.1 g/mol. The highest BCUT2D eigenvalue weighted by atomic mass is 16.6. The number of azide groups is 1. The molecule has 36 valence electrons. The van der Waals surface area contributed by atoms with Crippen molar-refractivity contribution >= 4 is 0 Å². The Labute approximate surface area is 39.7 Å². The highest BCUT2D eigenvalue weighted by molar-refractivity contribution is 4.65. The van der Waals surface area contributed by atoms with Crippen LogP contribution in [0.25, 0.3) is 10.4 Å². The molecule has 0 aromatic heterocycles. The summed E-state index contributed by atoms with van der Waals surface area (Å²) in [6.07, 6.45) is 0. The Hall–Kier alpha value is -1.40. The van der Waals surface area contributed by atoms with Gasteiger partial charge in [0.1, 0.15) is 11.3 Å². The van der Waals surface area contributed by atoms with E-state index in [4.69, 9.17) is 10.8 Å². The molecule has 0 unspecified atom stereocenters. The summed E-state index contributed by atoms with van der Waals surface area (Å²) in [6.45, 7) is -0.190. The maximum Gasteiger partial charge on any atom is 0.183 e. The molecule has 0 heterocycles. The van der Waals surface area contributed by atoms with Gasteiger partial charge in [0.15, 0.2) is 6.61 Å². The second kappa shape index (κ2) is 4.60. The summed E-state index contributed by atoms with van der Waals surface area (Å²) in [5.74, 6) is 0. The molecule has 0 aromatic carbocycles. The number of nitriles is 1. The molecule has 0 aliphatic heterocycles. The first-order valence-corrected chi connectivity index (χ1v) is 1.45. The number of hydrogen-bond acceptors (Lipinski definition) is 3. The summed E-state index contributed by atoms with van der Waals surface area (Å²) < 4.78 is 0. The van der Waals surface area contributed by atoms with Gasteiger partial charge >= 0.3 is 0 Å². The Bertz CT molecular complexity index is 118. The van der Waals surface area contributed by atoms with Crippen molar-refractivity contribution in [3.8, 4) is 6.07 Å². The van der Waals surface area contributed by atoms with Crippen LogP contribution in [-0.2, 0) is 4.84 Å². The lowest BCUT2D eigenvalue weighted by molar-refractivity contribution is 0.172. The Morgan fingerprint density at radius 3 is 3.14 bits per heavy atom. The van der Waals surface area contributed by atoms with Crippen LogP contribution in [0.1, 0.15) is 0 Å². The molecule has 7 heavy (non-hydrogen) atoms. The maximum absolute atomic E-state index is 7.73. The van der Waals surface area contributed by atoms with Crippen molar-refractivity contribution in [1.29, 1.82) is 5.26 Å². The number of rotatable bonds is 2. The molecule has 0 bridgehead atoms. The molecule has 0 atom stereocenters. The third kappa shape index (κ3) is 4.60. The zero-order valence-electron chi connectivity index (χ0n) is 3.40. The van der Waals surface area contributed by atoms with Gasteiger partial charge in [0.25, 0.3) is 0 Å². The minimum Gasteiger partial charge on any atom is -0.418 e. The molecule has 0 aliphatic carbocycles. The van der Waals surface area contributed by atoms with Crippen molar-refractivity contribution in [3.63, 3.8) is 0 Å². The molecule has 0 radical (unpaired) electrons. The average Bonchev–Trinajstić information content (AvgIpc) is 1.69. The zero-order chi connectivity index (χ0) is 5.54. The smallest absolute Gasteiger partial charge is 0.183 e. The van der Waals surface area contributed by atoms with E-state index in [9.17, 15) is 0 Å². The fourth-order valence-electron chi connectivity index (χ4n) is 0.0836. The molecule has 0 saturated heterocycles. The number of nitrogens with zero attached hydrogens (tertiary/aromatic N) is 4. The zero-order valence-corrected chi connectivity index (χ0v) is 3.40. The fourth-order valence-corrected chi connectivity index (χ4v) is 0.0836. The Morgan fingerprint density at radius 2 is 2.71 bits per heavy atom. The molecular formula is C2H2N4O. The molecule has 0 rings (SSSR count). The second-order valence-electron chi connectivity index (χ2n) is 0.603. The van der Waals surface area contributed by atoms with Crippen LogP contribution in [0.2, 0.25) is 0 Å². The minimum atomic E-state index is -0.190. The predicted molar refractivity (Wildman–Crippen MR) is 20.7 cm³/mol. The SMILES string of the molecule is N#CCON=[N+]=[N-]. The van der Waals surface area contributed by atoms with Crippen LogP contribution in [-0.4, -0.2) is 6.61 Å². The predicted octanol–water partition coefficient (Wildman–Crippen LogP) is 0.752. The lowest BCUT2D eigenvalue weighted by Gasteiger charge is -1.78. The summed E-state index contributed by atoms with van der Waals surface area (Å²) in [5.41, 5.74) is 7.52. The second-order valence-corrected chi connectivity index (χ2v) is 0.603. The van der Waals surface area contributed by atoms with Crippen LogP contribution in [0.15, 0.2) is 5.28 Å². The molecule has 0 spiro atoms. The summed E-state index contributed by atoms with van der Waals surface area (Å²) in [6, 6.07) is 1.62. The minimum absolute atomic E-state index is 0.190. The fraction of sp³-hybridized carbons (Fsp3) is 0.500. The van der Waals surface area contributed by atoms with E-state index in [2.05, 4.69) is 15.0 Å². The van der Waals surface area contributed by atoms with Crippen molar-refractivity contribution in [2.75, 3.05) is 6.61 Å². The first-order chi connectivity index (χ1) is 3.41. The quantitative estimate of drug-likeness (QED) is 0.168. The van der Waals surface area contributed by atoms with Crippen LogP contribution in [0, 0.1) is 11.3 Å². The Morgan fingerprint density at radius 1 is 2.00 bits per heavy atom. The Balaban J connectivity index is 3.03. The van der Waals surface area contributed by atoms with E-state index >= 15 is 0 Å². The van der Waals surface area contributed by atoms with E-state index in [-0.39, 0.29) is 6.61 Å². The Kier molecular flexibility index (Phi) is 3.68. The number of hydrogen-bond donors (Lipinski definition) is 0. The van der Waals surface area contributed by atoms with Gasteiger partial charge in [-0.05, 0) is 5.53 Å². The summed E-state index contributed by atoms with van der Waals surface area (Å²) >= 11 is 0. The lowest BCUT2D eigenvalue weighted by atomic mass is 10.9. The monoisotopic (exact) mass is 98.0 g/mol. The lowest BCUT2D eigenvalue weighted by Crippen LogP contribution is -1.76. The molecular weight excluding hydrogens is 96.0 g/mol. The van der Waals surface area contributed by atoms with E-state index in [0.29, 0.717) is 0 Å². The standard InChI is InChI=1S/C2H2N4O/c3-1-2-7-6-5-4/h2H2. The van der Waals surface area contributed by atoms with Crippen LogP contribution >= 0.6 is 0 Å². The molecule has 0 N–H and O–H groups in total. The molecule has 0 fully saturated rings. The van der Waals surface area contributed by atoms with Crippen molar-refractivity contribution in [2.24, 2.45) is 5.28 Å². The van der Waals surface area contributed by atoms with Gasteiger partial charge in [-0.2, -0.15) is 5.26 Å². The topological polar surface area (TPSA) is 81.8 Å². The van der Waals surface area contributed by atoms with Crippen molar-refractivity contribution in [3.05, 3.63) is 10.4 Å². The van der Waals surface area contributed by atoms with Crippen LogP contribution in [0.5, 0.6) is 0 Å². The van der Waals surface area contributed by atoms with E-state index < -0.39 is 0 Å². The van der Waals surface area contributed by atoms with Gasteiger partial charge in [0, 0.05) is 4.91 Å². The van der Waals surface area contributed by atoms with E-state index in [1.807, 2.05) is 0 Å². The van der Waals surface area contributed by atoms with E-state index in [1.54, 1.807) is 6.07 Å². The molecule has 5 nitrogen and oxygen atoms in total. The van der Waals surface area contributed by atoms with Crippen LogP contribution in [0.4, 0.5) is 0 Å². The van der Waals surface area contributed by atoms with Gasteiger partial charge in [-0.25, -0.2) is 0 Å². The largest absolute Gasteiger partial charge is 0.418 e. The van der Waals surface area contributed by atoms with Gasteiger partial charge in [-0.3, -0.25) is 0 Å². The van der Waals surface area contributed by atoms with Crippen LogP contribution < -0.4 is 0 Å². The molecule has 0 saturated carbocycles. The normalized spacial score (nSPS) is 5.57. The first-order valence-electron chi connectivity index (χ1n) is 1.45. The van der Waals surface area contributed by atoms with Gasteiger partial charge in [0.2, 0.25) is 0 Å². The third-order valence-electron chi connectivity index (χ3n) is 0.223. The first kappa shape index (κ1) is 5.60. The van der Waals surface area contributed by atoms with Crippen LogP contribution in [0.3, 0.4) is 0 Å². The molecule has 0 amide bonds. The molecule has 0 aliphatic rings. The maximum atomic E-state index is 7.73. The van der Waals surface area contributed by atoms with Gasteiger partial charge in [-0.1, -0.05) is 0 Å². The van der Waals surface area contributed by atoms with E-state index in [0.717, 1.165) is 0 Å². The van der Waals surface area contributed by atoms with E-state index in [1.165, 1.54) is 0 Å². The van der Waals surface area contributed by atoms with Gasteiger partial charge in [-0.15, -0.1) is 0 Å². The molecule has 0 aromatic rings. The highest BCUT2D eigenvalue weighted by Gasteiger charge is 1.69. The summed E-state index contributed by atoms with van der Waals surface area (Å²) in [5, 5.41) is 10.4. The highest BCUT2D eigenvalue weighted by Crippen LogP contribution is 1.70. The van der Waals surface area contributed by atoms with Crippen molar-refractivity contribution < 1.29 is 4.84 Å². The summed E-state index contributed by atoms with van der Waals surface area (Å²) in [7, 11) is 0. The van der Waals surface area contributed by atoms with Gasteiger partial charge in [0.05, 0.1) is 0 Å². The summed E-state index contributed by atoms with van der Waals surface area (Å²) in [4.78, 5) is 6.20. The third-order valence-corrected chi connectivity index (χ3v) is 0.223.